The van der Waals surface area contributed by atoms with Gasteiger partial charge >= 0.3 is 0 Å². The number of hydrogen-bond acceptors (Lipinski definition) is 3. The molecule has 124 valence electrons. The van der Waals surface area contributed by atoms with Crippen LogP contribution < -0.4 is 0 Å². The molecule has 0 N–H and O–H groups in total. The van der Waals surface area contributed by atoms with Crippen molar-refractivity contribution >= 4 is 27.5 Å². The van der Waals surface area contributed by atoms with Gasteiger partial charge < -0.3 is 9.47 Å². The summed E-state index contributed by atoms with van der Waals surface area (Å²) in [5, 5.41) is 0. The van der Waals surface area contributed by atoms with Crippen molar-refractivity contribution in [2.24, 2.45) is 0 Å². The van der Waals surface area contributed by atoms with Crippen molar-refractivity contribution in [1.82, 2.24) is 0 Å². The first-order valence-electron chi connectivity index (χ1n) is 8.06. The molecule has 1 aliphatic rings. The van der Waals surface area contributed by atoms with Gasteiger partial charge in [0.15, 0.2) is 12.1 Å². The SMILES string of the molecule is CCOC1CCC(C(=O)c2ccc(Br)cc2)=C(c2ccccc2)O1. The molecule has 1 heterocycles. The smallest absolute Gasteiger partial charge is 0.200 e. The standard InChI is InChI=1S/C20H19BrO3/c1-2-23-18-13-12-17(19(22)14-8-10-16(21)11-9-14)20(24-18)15-6-4-3-5-7-15/h3-11,18H,2,12-13H2,1H3. The molecule has 0 bridgehead atoms. The van der Waals surface area contributed by atoms with E-state index in [-0.39, 0.29) is 12.1 Å². The minimum Gasteiger partial charge on any atom is -0.464 e. The van der Waals surface area contributed by atoms with Gasteiger partial charge in [0.2, 0.25) is 0 Å². The summed E-state index contributed by atoms with van der Waals surface area (Å²) in [7, 11) is 0. The first-order valence-corrected chi connectivity index (χ1v) is 8.85. The highest BCUT2D eigenvalue weighted by Gasteiger charge is 2.28. The normalized spacial score (nSPS) is 17.5. The first kappa shape index (κ1) is 16.9. The van der Waals surface area contributed by atoms with Crippen LogP contribution in [-0.4, -0.2) is 18.7 Å². The Morgan fingerprint density at radius 3 is 2.54 bits per heavy atom. The van der Waals surface area contributed by atoms with Crippen molar-refractivity contribution in [3.05, 3.63) is 75.8 Å². The molecular formula is C20H19BrO3. The van der Waals surface area contributed by atoms with Crippen LogP contribution in [0, 0.1) is 0 Å². The van der Waals surface area contributed by atoms with Crippen molar-refractivity contribution in [1.29, 1.82) is 0 Å². The fourth-order valence-corrected chi connectivity index (χ4v) is 3.03. The highest BCUT2D eigenvalue weighted by molar-refractivity contribution is 9.10. The van der Waals surface area contributed by atoms with E-state index in [1.165, 1.54) is 0 Å². The van der Waals surface area contributed by atoms with E-state index in [1.807, 2.05) is 61.5 Å². The fourth-order valence-electron chi connectivity index (χ4n) is 2.76. The molecule has 4 heteroatoms. The molecule has 1 aliphatic heterocycles. The minimum atomic E-state index is -0.299. The summed E-state index contributed by atoms with van der Waals surface area (Å²) in [6.07, 6.45) is 1.03. The zero-order valence-corrected chi connectivity index (χ0v) is 15.1. The van der Waals surface area contributed by atoms with Gasteiger partial charge in [0, 0.05) is 34.2 Å². The van der Waals surface area contributed by atoms with Gasteiger partial charge in [0.1, 0.15) is 5.76 Å². The van der Waals surface area contributed by atoms with Gasteiger partial charge in [-0.2, -0.15) is 0 Å². The van der Waals surface area contributed by atoms with E-state index in [1.54, 1.807) is 0 Å². The van der Waals surface area contributed by atoms with Crippen LogP contribution in [0.5, 0.6) is 0 Å². The predicted octanol–water partition coefficient (Wildman–Crippen LogP) is 5.22. The van der Waals surface area contributed by atoms with Crippen LogP contribution in [0.1, 0.15) is 35.7 Å². The second kappa shape index (κ2) is 7.77. The van der Waals surface area contributed by atoms with Crippen LogP contribution in [0.15, 0.2) is 64.6 Å². The van der Waals surface area contributed by atoms with E-state index in [0.29, 0.717) is 36.3 Å². The molecule has 0 saturated heterocycles. The first-order chi connectivity index (χ1) is 11.7. The Hall–Kier alpha value is -1.91. The van der Waals surface area contributed by atoms with E-state index < -0.39 is 0 Å². The number of carbonyl (C=O) groups is 1. The van der Waals surface area contributed by atoms with Gasteiger partial charge in [-0.3, -0.25) is 4.79 Å². The van der Waals surface area contributed by atoms with Gasteiger partial charge in [-0.1, -0.05) is 46.3 Å². The summed E-state index contributed by atoms with van der Waals surface area (Å²) in [5.74, 6) is 0.643. The summed E-state index contributed by atoms with van der Waals surface area (Å²) in [6, 6.07) is 17.2. The minimum absolute atomic E-state index is 0.0105. The van der Waals surface area contributed by atoms with Gasteiger partial charge in [-0.15, -0.1) is 0 Å². The average Bonchev–Trinajstić information content (AvgIpc) is 2.63. The zero-order valence-electron chi connectivity index (χ0n) is 13.5. The molecule has 0 amide bonds. The molecule has 0 saturated carbocycles. The molecule has 0 aliphatic carbocycles. The molecule has 24 heavy (non-hydrogen) atoms. The highest BCUT2D eigenvalue weighted by atomic mass is 79.9. The second-order valence-corrected chi connectivity index (χ2v) is 6.47. The summed E-state index contributed by atoms with van der Waals surface area (Å²) >= 11 is 3.40. The highest BCUT2D eigenvalue weighted by Crippen LogP contribution is 2.33. The lowest BCUT2D eigenvalue weighted by Gasteiger charge is -2.28. The molecule has 0 spiro atoms. The third-order valence-corrected chi connectivity index (χ3v) is 4.45. The second-order valence-electron chi connectivity index (χ2n) is 5.55. The van der Waals surface area contributed by atoms with E-state index in [4.69, 9.17) is 9.47 Å². The molecule has 1 unspecified atom stereocenters. The van der Waals surface area contributed by atoms with Crippen LogP contribution in [0.4, 0.5) is 0 Å². The summed E-state index contributed by atoms with van der Waals surface area (Å²) in [6.45, 7) is 2.53. The van der Waals surface area contributed by atoms with E-state index >= 15 is 0 Å². The van der Waals surface area contributed by atoms with Crippen LogP contribution in [-0.2, 0) is 9.47 Å². The maximum atomic E-state index is 13.0. The van der Waals surface area contributed by atoms with Crippen LogP contribution in [0.3, 0.4) is 0 Å². The van der Waals surface area contributed by atoms with Crippen LogP contribution >= 0.6 is 15.9 Å². The molecule has 3 nitrogen and oxygen atoms in total. The number of rotatable bonds is 5. The predicted molar refractivity (Wildman–Crippen MR) is 97.6 cm³/mol. The van der Waals surface area contributed by atoms with Gasteiger partial charge in [0.25, 0.3) is 0 Å². The van der Waals surface area contributed by atoms with Crippen molar-refractivity contribution in [3.63, 3.8) is 0 Å². The van der Waals surface area contributed by atoms with Crippen LogP contribution in [0.2, 0.25) is 0 Å². The van der Waals surface area contributed by atoms with Gasteiger partial charge in [-0.25, -0.2) is 0 Å². The van der Waals surface area contributed by atoms with Crippen molar-refractivity contribution in [3.8, 4) is 0 Å². The Labute approximate surface area is 150 Å². The van der Waals surface area contributed by atoms with Gasteiger partial charge in [-0.05, 0) is 37.6 Å². The third kappa shape index (κ3) is 3.77. The number of ketones is 1. The lowest BCUT2D eigenvalue weighted by atomic mass is 9.94. The molecule has 0 radical (unpaired) electrons. The molecular weight excluding hydrogens is 368 g/mol. The number of benzene rings is 2. The monoisotopic (exact) mass is 386 g/mol. The number of Topliss-reactive ketones (excluding diaryl/α,β-unsaturated/α-hetero) is 1. The molecule has 3 rings (SSSR count). The fraction of sp³-hybridized carbons (Fsp3) is 0.250. The Balaban J connectivity index is 1.99. The molecule has 0 fully saturated rings. The molecule has 2 aromatic carbocycles. The summed E-state index contributed by atoms with van der Waals surface area (Å²) < 4.78 is 12.6. The van der Waals surface area contributed by atoms with Crippen LogP contribution in [0.25, 0.3) is 5.76 Å². The number of allylic oxidation sites excluding steroid dienone is 1. The van der Waals surface area contributed by atoms with Crippen molar-refractivity contribution in [2.75, 3.05) is 6.61 Å². The molecule has 2 aromatic rings. The number of ether oxygens (including phenoxy) is 2. The van der Waals surface area contributed by atoms with Gasteiger partial charge in [0.05, 0.1) is 0 Å². The maximum absolute atomic E-state index is 13.0. The quantitative estimate of drug-likeness (QED) is 0.661. The lowest BCUT2D eigenvalue weighted by molar-refractivity contribution is -0.102. The Kier molecular flexibility index (Phi) is 5.48. The Bertz CT molecular complexity index is 735. The molecule has 1 atom stereocenters. The Morgan fingerprint density at radius 2 is 1.88 bits per heavy atom. The van der Waals surface area contributed by atoms with Crippen molar-refractivity contribution < 1.29 is 14.3 Å². The van der Waals surface area contributed by atoms with Crippen molar-refractivity contribution in [2.45, 2.75) is 26.1 Å². The topological polar surface area (TPSA) is 35.5 Å². The van der Waals surface area contributed by atoms with E-state index in [9.17, 15) is 4.79 Å². The summed E-state index contributed by atoms with van der Waals surface area (Å²) in [4.78, 5) is 13.0. The summed E-state index contributed by atoms with van der Waals surface area (Å²) in [5.41, 5.74) is 2.28. The van der Waals surface area contributed by atoms with E-state index in [0.717, 1.165) is 10.0 Å². The largest absolute Gasteiger partial charge is 0.464 e. The average molecular weight is 387 g/mol. The number of carbonyl (C=O) groups excluding carboxylic acids is 1. The third-order valence-electron chi connectivity index (χ3n) is 3.92. The zero-order chi connectivity index (χ0) is 16.9. The maximum Gasteiger partial charge on any atom is 0.200 e. The number of halogens is 1. The van der Waals surface area contributed by atoms with E-state index in [2.05, 4.69) is 15.9 Å². The molecule has 0 aromatic heterocycles. The Morgan fingerprint density at radius 1 is 1.17 bits per heavy atom. The lowest BCUT2D eigenvalue weighted by Crippen LogP contribution is -2.24. The number of hydrogen-bond donors (Lipinski definition) is 0.